The van der Waals surface area contributed by atoms with Crippen LogP contribution in [-0.2, 0) is 15.1 Å². The first-order valence-corrected chi connectivity index (χ1v) is 24.6. The minimum atomic E-state index is -0.877. The maximum absolute atomic E-state index is 4.85. The van der Waals surface area contributed by atoms with Crippen LogP contribution in [0.25, 0.3) is 0 Å². The summed E-state index contributed by atoms with van der Waals surface area (Å²) in [6.07, 6.45) is 2.87. The predicted molar refractivity (Wildman–Crippen MR) is 198 cm³/mol. The smallest absolute Gasteiger partial charge is 0.0620 e. The molecule has 0 unspecified atom stereocenters. The number of nitrogens with one attached hydrogen (secondary N) is 1. The van der Waals surface area contributed by atoms with E-state index < -0.39 is 7.92 Å². The Morgan fingerprint density at radius 2 is 0.756 bits per heavy atom. The van der Waals surface area contributed by atoms with Gasteiger partial charge in [-0.3, -0.25) is 0 Å². The molecule has 0 saturated heterocycles. The molecule has 0 heterocycles. The fraction of sp³-hybridized carbons (Fsp3) is 0.471. The average Bonchev–Trinajstić information content (AvgIpc) is 2.94. The topological polar surface area (TPSA) is 12.0 Å². The van der Waals surface area contributed by atoms with Crippen molar-refractivity contribution in [3.05, 3.63) is 91.0 Å². The van der Waals surface area contributed by atoms with Gasteiger partial charge < -0.3 is 5.32 Å². The van der Waals surface area contributed by atoms with E-state index in [9.17, 15) is 0 Å². The van der Waals surface area contributed by atoms with Gasteiger partial charge >= 0.3 is 34.5 Å². The monoisotopic (exact) mass is 742 g/mol. The summed E-state index contributed by atoms with van der Waals surface area (Å²) in [5.41, 5.74) is 3.66. The van der Waals surface area contributed by atoms with E-state index in [2.05, 4.69) is 152 Å². The summed E-state index contributed by atoms with van der Waals surface area (Å²) < 4.78 is 0. The van der Waals surface area contributed by atoms with Crippen molar-refractivity contribution >= 4 is 59.1 Å². The molecule has 3 aromatic rings. The summed E-state index contributed by atoms with van der Waals surface area (Å²) >= 11 is -0.346. The Hall–Kier alpha value is 0.113. The molecule has 0 bridgehead atoms. The molecular formula is C34H55Cl2NP3Ru+3. The van der Waals surface area contributed by atoms with Gasteiger partial charge in [-0.2, -0.15) is 0 Å². The molecule has 230 valence electrons. The Balaban J connectivity index is 0.000000374. The van der Waals surface area contributed by atoms with E-state index in [0.29, 0.717) is 0 Å². The van der Waals surface area contributed by atoms with E-state index in [4.69, 9.17) is 19.4 Å². The van der Waals surface area contributed by atoms with E-state index in [1.165, 1.54) is 41.3 Å². The third-order valence-corrected chi connectivity index (χ3v) is 17.7. The van der Waals surface area contributed by atoms with E-state index in [1.807, 2.05) is 0 Å². The fourth-order valence-corrected chi connectivity index (χ4v) is 13.9. The summed E-state index contributed by atoms with van der Waals surface area (Å²) in [4.78, 5) is 0. The molecule has 3 rings (SSSR count). The first kappa shape index (κ1) is 39.1. The van der Waals surface area contributed by atoms with Gasteiger partial charge in [-0.1, -0.05) is 54.6 Å². The summed E-state index contributed by atoms with van der Waals surface area (Å²) in [5.74, 6) is 0. The third-order valence-electron chi connectivity index (χ3n) is 7.33. The van der Waals surface area contributed by atoms with Crippen molar-refractivity contribution in [3.8, 4) is 0 Å². The van der Waals surface area contributed by atoms with Gasteiger partial charge in [0.05, 0.1) is 42.9 Å². The van der Waals surface area contributed by atoms with Crippen molar-refractivity contribution in [2.75, 3.05) is 25.4 Å². The Kier molecular flexibility index (Phi) is 22.4. The minimum Gasteiger partial charge on any atom is -0.0620 e. The van der Waals surface area contributed by atoms with Crippen LogP contribution < -0.4 is 21.2 Å². The van der Waals surface area contributed by atoms with E-state index >= 15 is 0 Å². The van der Waals surface area contributed by atoms with Gasteiger partial charge in [0.2, 0.25) is 0 Å². The second kappa shape index (κ2) is 23.5. The molecule has 3 aromatic carbocycles. The Morgan fingerprint density at radius 3 is 0.976 bits per heavy atom. The molecule has 1 N–H and O–H groups in total. The van der Waals surface area contributed by atoms with Crippen LogP contribution in [0.4, 0.5) is 0 Å². The van der Waals surface area contributed by atoms with E-state index in [1.54, 1.807) is 0 Å². The Bertz CT molecular complexity index is 876. The van der Waals surface area contributed by atoms with E-state index in [0.717, 1.165) is 22.6 Å². The van der Waals surface area contributed by atoms with Gasteiger partial charge in [0.15, 0.2) is 0 Å². The number of hydrogen-bond donors (Lipinski definition) is 1. The fourth-order valence-electron chi connectivity index (χ4n) is 5.39. The number of rotatable bonds is 13. The standard InChI is InChI=1S/C18H15P.C16H37NP2.2ClH.Ru/c1-4-10-16(11-5-1)19(17-12-6-2-7-13-17)18-14-8-3-9-15-18;1-13(2)18(14(3)4)11-9-17-10-12-19(15(5)6)16(7)8;;;/h1-15H;13-17H,9-12H2,1-8H3;2*1H;/q;;;;+2/p+1. The molecule has 0 fully saturated rings. The molecule has 0 aliphatic heterocycles. The van der Waals surface area contributed by atoms with Crippen molar-refractivity contribution in [1.29, 1.82) is 0 Å². The van der Waals surface area contributed by atoms with E-state index in [-0.39, 0.29) is 31.0 Å². The molecule has 7 heteroatoms. The molecule has 0 radical (unpaired) electrons. The Morgan fingerprint density at radius 1 is 0.512 bits per heavy atom. The number of hydrogen-bond acceptors (Lipinski definition) is 1. The first-order valence-electron chi connectivity index (χ1n) is 14.9. The van der Waals surface area contributed by atoms with Gasteiger partial charge in [-0.15, -0.1) is 0 Å². The SMILES string of the molecule is CC(C)[PH+](CCNCC[PH+](C(C)C)C(C)C)C(C)C.[Cl][Ru][Cl].c1ccc([PH+](c2ccccc2)c2ccccc2)cc1. The van der Waals surface area contributed by atoms with Crippen LogP contribution in [0.5, 0.6) is 0 Å². The van der Waals surface area contributed by atoms with Crippen LogP contribution in [0.2, 0.25) is 0 Å². The molecular weight excluding hydrogens is 687 g/mol. The molecule has 0 aliphatic carbocycles. The van der Waals surface area contributed by atoms with Gasteiger partial charge in [-0.05, 0) is 91.8 Å². The van der Waals surface area contributed by atoms with Gasteiger partial charge in [0, 0.05) is 28.9 Å². The van der Waals surface area contributed by atoms with Crippen LogP contribution in [0.1, 0.15) is 55.4 Å². The number of halogens is 2. The maximum Gasteiger partial charge on any atom is 0.102 e. The first-order chi connectivity index (χ1) is 19.6. The zero-order valence-corrected chi connectivity index (χ0v) is 32.7. The molecule has 0 spiro atoms. The van der Waals surface area contributed by atoms with Crippen LogP contribution in [0, 0.1) is 0 Å². The average molecular weight is 743 g/mol. The third kappa shape index (κ3) is 16.1. The van der Waals surface area contributed by atoms with Crippen LogP contribution in [0.15, 0.2) is 91.0 Å². The Labute approximate surface area is 272 Å². The second-order valence-electron chi connectivity index (χ2n) is 11.5. The summed E-state index contributed by atoms with van der Waals surface area (Å²) in [6, 6.07) is 32.5. The van der Waals surface area contributed by atoms with Crippen molar-refractivity contribution in [2.24, 2.45) is 0 Å². The molecule has 0 saturated carbocycles. The maximum atomic E-state index is 4.85. The predicted octanol–water partition coefficient (Wildman–Crippen LogP) is 9.19. The molecule has 41 heavy (non-hydrogen) atoms. The van der Waals surface area contributed by atoms with Gasteiger partial charge in [0.25, 0.3) is 0 Å². The van der Waals surface area contributed by atoms with Crippen molar-refractivity contribution < 1.29 is 15.1 Å². The zero-order valence-electron chi connectivity index (χ0n) is 26.4. The van der Waals surface area contributed by atoms with Crippen LogP contribution in [-0.4, -0.2) is 48.0 Å². The molecule has 0 atom stereocenters. The minimum absolute atomic E-state index is 0.166. The van der Waals surface area contributed by atoms with Crippen molar-refractivity contribution in [1.82, 2.24) is 5.32 Å². The van der Waals surface area contributed by atoms with Gasteiger partial charge in [0.1, 0.15) is 15.9 Å². The number of benzene rings is 3. The van der Waals surface area contributed by atoms with Gasteiger partial charge in [-0.25, -0.2) is 0 Å². The molecule has 0 amide bonds. The molecule has 0 aliphatic rings. The van der Waals surface area contributed by atoms with Crippen molar-refractivity contribution in [3.63, 3.8) is 0 Å². The zero-order chi connectivity index (χ0) is 30.6. The quantitative estimate of drug-likeness (QED) is 0.105. The summed E-state index contributed by atoms with van der Waals surface area (Å²) in [6.45, 7) is 21.8. The molecule has 0 aromatic heterocycles. The summed E-state index contributed by atoms with van der Waals surface area (Å²) in [7, 11) is 8.50. The molecule has 1 nitrogen and oxygen atoms in total. The largest absolute Gasteiger partial charge is 0.102 e. The second-order valence-corrected chi connectivity index (χ2v) is 24.6. The van der Waals surface area contributed by atoms with Crippen molar-refractivity contribution in [2.45, 2.75) is 78.0 Å². The van der Waals surface area contributed by atoms with Crippen LogP contribution in [0.3, 0.4) is 0 Å². The normalized spacial score (nSPS) is 11.4. The van der Waals surface area contributed by atoms with Crippen LogP contribution >= 0.6 is 43.1 Å². The summed E-state index contributed by atoms with van der Waals surface area (Å²) in [5, 5.41) is 8.02.